The first kappa shape index (κ1) is 20.8. The summed E-state index contributed by atoms with van der Waals surface area (Å²) < 4.78 is 7.14. The number of aromatic nitrogens is 2. The molecule has 5 rings (SSSR count). The van der Waals surface area contributed by atoms with Crippen molar-refractivity contribution >= 4 is 34.6 Å². The van der Waals surface area contributed by atoms with E-state index in [0.29, 0.717) is 5.84 Å². The molecule has 0 spiro atoms. The Morgan fingerprint density at radius 2 is 1.67 bits per heavy atom. The zero-order valence-electron chi connectivity index (χ0n) is 17.8. The molecule has 0 aliphatic carbocycles. The van der Waals surface area contributed by atoms with Crippen LogP contribution in [0.2, 0.25) is 0 Å². The van der Waals surface area contributed by atoms with Gasteiger partial charge in [0.1, 0.15) is 11.6 Å². The van der Waals surface area contributed by atoms with Crippen molar-refractivity contribution in [3.05, 3.63) is 102 Å². The molecular weight excluding hydrogens is 432 g/mol. The lowest BCUT2D eigenvalue weighted by molar-refractivity contribution is 0.265. The van der Waals surface area contributed by atoms with Gasteiger partial charge in [0.2, 0.25) is 0 Å². The summed E-state index contributed by atoms with van der Waals surface area (Å²) >= 11 is 1.13. The molecule has 0 unspecified atom stereocenters. The molecule has 2 heterocycles. The van der Waals surface area contributed by atoms with E-state index in [2.05, 4.69) is 10.3 Å². The number of ether oxygens (including phenoxy) is 1. The summed E-state index contributed by atoms with van der Waals surface area (Å²) in [5, 5.41) is 7.55. The first-order chi connectivity index (χ1) is 16.2. The van der Waals surface area contributed by atoms with Gasteiger partial charge in [0, 0.05) is 17.3 Å². The molecule has 7 heteroatoms. The molecule has 1 aromatic heterocycles. The zero-order valence-corrected chi connectivity index (χ0v) is 18.6. The normalized spacial score (nSPS) is 15.7. The fourth-order valence-electron chi connectivity index (χ4n) is 3.46. The second-order valence-electron chi connectivity index (χ2n) is 7.26. The molecule has 0 atom stereocenters. The van der Waals surface area contributed by atoms with Crippen LogP contribution in [0, 0.1) is 0 Å². The standard InChI is InChI=1S/C26H20N4O2S/c1-32-22-14-12-18(13-15-22)24-19(17-30(29-24)21-10-6-3-7-11-21)16-23-25(28-26(31)33-23)27-20-8-4-2-5-9-20/h2-17H,1H3,(H,27,28,31). The topological polar surface area (TPSA) is 68.5 Å². The van der Waals surface area contributed by atoms with E-state index in [-0.39, 0.29) is 5.24 Å². The minimum Gasteiger partial charge on any atom is -0.497 e. The molecule has 162 valence electrons. The Hall–Kier alpha value is -4.10. The maximum Gasteiger partial charge on any atom is 0.289 e. The Morgan fingerprint density at radius 3 is 2.36 bits per heavy atom. The van der Waals surface area contributed by atoms with E-state index in [1.54, 1.807) is 7.11 Å². The van der Waals surface area contributed by atoms with E-state index in [9.17, 15) is 4.79 Å². The van der Waals surface area contributed by atoms with Crippen molar-refractivity contribution in [1.82, 2.24) is 15.1 Å². The first-order valence-corrected chi connectivity index (χ1v) is 11.2. The Labute approximate surface area is 195 Å². The fraction of sp³-hybridized carbons (Fsp3) is 0.0385. The van der Waals surface area contributed by atoms with Crippen molar-refractivity contribution < 1.29 is 9.53 Å². The van der Waals surface area contributed by atoms with Gasteiger partial charge in [-0.15, -0.1) is 0 Å². The third kappa shape index (κ3) is 4.58. The third-order valence-electron chi connectivity index (χ3n) is 5.07. The van der Waals surface area contributed by atoms with Crippen LogP contribution in [0.5, 0.6) is 5.75 Å². The number of hydrogen-bond acceptors (Lipinski definition) is 5. The van der Waals surface area contributed by atoms with Crippen molar-refractivity contribution in [2.75, 3.05) is 7.11 Å². The number of hydrogen-bond donors (Lipinski definition) is 1. The summed E-state index contributed by atoms with van der Waals surface area (Å²) in [5.74, 6) is 1.31. The lowest BCUT2D eigenvalue weighted by Crippen LogP contribution is -2.18. The van der Waals surface area contributed by atoms with E-state index in [1.807, 2.05) is 102 Å². The number of nitrogens with zero attached hydrogens (tertiary/aromatic N) is 3. The highest BCUT2D eigenvalue weighted by atomic mass is 32.2. The van der Waals surface area contributed by atoms with Crippen molar-refractivity contribution in [2.24, 2.45) is 4.99 Å². The van der Waals surface area contributed by atoms with Gasteiger partial charge in [-0.2, -0.15) is 5.10 Å². The van der Waals surface area contributed by atoms with Crippen LogP contribution in [-0.4, -0.2) is 28.0 Å². The molecular formula is C26H20N4O2S. The number of rotatable bonds is 5. The second-order valence-corrected chi connectivity index (χ2v) is 8.28. The number of aliphatic imine (C=N–C) groups is 1. The summed E-state index contributed by atoms with van der Waals surface area (Å²) in [5.41, 5.74) is 4.35. The van der Waals surface area contributed by atoms with Crippen LogP contribution < -0.4 is 10.1 Å². The molecule has 1 saturated heterocycles. The van der Waals surface area contributed by atoms with Gasteiger partial charge in [0.05, 0.1) is 29.1 Å². The third-order valence-corrected chi connectivity index (χ3v) is 5.89. The van der Waals surface area contributed by atoms with Crippen LogP contribution in [0.3, 0.4) is 0 Å². The Bertz CT molecular complexity index is 1340. The maximum absolute atomic E-state index is 12.2. The van der Waals surface area contributed by atoms with Gasteiger partial charge in [0.15, 0.2) is 0 Å². The second kappa shape index (κ2) is 9.18. The molecule has 0 saturated carbocycles. The van der Waals surface area contributed by atoms with Crippen molar-refractivity contribution in [2.45, 2.75) is 0 Å². The number of amides is 1. The summed E-state index contributed by atoms with van der Waals surface area (Å²) in [6, 6.07) is 27.2. The van der Waals surface area contributed by atoms with Crippen molar-refractivity contribution in [3.63, 3.8) is 0 Å². The first-order valence-electron chi connectivity index (χ1n) is 10.3. The van der Waals surface area contributed by atoms with Crippen LogP contribution in [0.4, 0.5) is 10.5 Å². The molecule has 1 aliphatic rings. The molecule has 1 N–H and O–H groups in total. The van der Waals surface area contributed by atoms with Crippen LogP contribution in [0.15, 0.2) is 101 Å². The molecule has 0 bridgehead atoms. The molecule has 1 fully saturated rings. The number of nitrogens with one attached hydrogen (secondary N) is 1. The summed E-state index contributed by atoms with van der Waals surface area (Å²) in [7, 11) is 1.64. The zero-order chi connectivity index (χ0) is 22.6. The van der Waals surface area contributed by atoms with E-state index >= 15 is 0 Å². The number of para-hydroxylation sites is 2. The van der Waals surface area contributed by atoms with E-state index < -0.39 is 0 Å². The molecule has 0 radical (unpaired) electrons. The lowest BCUT2D eigenvalue weighted by Gasteiger charge is -2.03. The van der Waals surface area contributed by atoms with E-state index in [0.717, 1.165) is 50.6 Å². The summed E-state index contributed by atoms with van der Waals surface area (Å²) in [6.45, 7) is 0. The molecule has 33 heavy (non-hydrogen) atoms. The predicted octanol–water partition coefficient (Wildman–Crippen LogP) is 6.08. The Balaban J connectivity index is 1.61. The van der Waals surface area contributed by atoms with Crippen LogP contribution in [-0.2, 0) is 0 Å². The number of amidine groups is 1. The molecule has 4 aromatic rings. The minimum absolute atomic E-state index is 0.155. The largest absolute Gasteiger partial charge is 0.497 e. The number of benzene rings is 3. The maximum atomic E-state index is 12.2. The molecule has 1 amide bonds. The van der Waals surface area contributed by atoms with Gasteiger partial charge in [-0.05, 0) is 66.4 Å². The quantitative estimate of drug-likeness (QED) is 0.399. The van der Waals surface area contributed by atoms with Gasteiger partial charge < -0.3 is 10.1 Å². The average molecular weight is 453 g/mol. The predicted molar refractivity (Wildman–Crippen MR) is 133 cm³/mol. The van der Waals surface area contributed by atoms with Gasteiger partial charge in [-0.1, -0.05) is 36.4 Å². The SMILES string of the molecule is COc1ccc(-c2nn(-c3ccccc3)cc2C=C2SC(=O)NC2=Nc2ccccc2)cc1. The number of carbonyl (C=O) groups is 1. The highest BCUT2D eigenvalue weighted by Crippen LogP contribution is 2.32. The number of methoxy groups -OCH3 is 1. The monoisotopic (exact) mass is 452 g/mol. The average Bonchev–Trinajstić information content (AvgIpc) is 3.43. The van der Waals surface area contributed by atoms with Gasteiger partial charge in [-0.25, -0.2) is 9.67 Å². The van der Waals surface area contributed by atoms with Crippen LogP contribution >= 0.6 is 11.8 Å². The highest BCUT2D eigenvalue weighted by molar-refractivity contribution is 8.18. The van der Waals surface area contributed by atoms with E-state index in [4.69, 9.17) is 9.84 Å². The van der Waals surface area contributed by atoms with Crippen molar-refractivity contribution in [3.8, 4) is 22.7 Å². The molecule has 1 aliphatic heterocycles. The molecule has 6 nitrogen and oxygen atoms in total. The van der Waals surface area contributed by atoms with Gasteiger partial charge in [-0.3, -0.25) is 4.79 Å². The molecule has 3 aromatic carbocycles. The smallest absolute Gasteiger partial charge is 0.289 e. The highest BCUT2D eigenvalue weighted by Gasteiger charge is 2.24. The lowest BCUT2D eigenvalue weighted by atomic mass is 10.1. The Morgan fingerprint density at radius 1 is 0.970 bits per heavy atom. The summed E-state index contributed by atoms with van der Waals surface area (Å²) in [4.78, 5) is 17.6. The summed E-state index contributed by atoms with van der Waals surface area (Å²) in [6.07, 6.45) is 3.92. The van der Waals surface area contributed by atoms with Crippen LogP contribution in [0.1, 0.15) is 5.56 Å². The Kier molecular flexibility index (Phi) is 5.78. The van der Waals surface area contributed by atoms with Gasteiger partial charge in [0.25, 0.3) is 5.24 Å². The fourth-order valence-corrected chi connectivity index (χ4v) is 4.19. The number of carbonyl (C=O) groups excluding carboxylic acids is 1. The van der Waals surface area contributed by atoms with Gasteiger partial charge >= 0.3 is 0 Å². The minimum atomic E-state index is -0.155. The van der Waals surface area contributed by atoms with Crippen molar-refractivity contribution in [1.29, 1.82) is 0 Å². The van der Waals surface area contributed by atoms with Crippen LogP contribution in [0.25, 0.3) is 23.0 Å². The van der Waals surface area contributed by atoms with E-state index in [1.165, 1.54) is 0 Å². The number of thioether (sulfide) groups is 1.